The number of thiazole rings is 1. The Kier molecular flexibility index (Phi) is 6.91. The van der Waals surface area contributed by atoms with Crippen molar-refractivity contribution in [1.82, 2.24) is 4.98 Å². The fourth-order valence-electron chi connectivity index (χ4n) is 5.96. The highest BCUT2D eigenvalue weighted by atomic mass is 35.5. The van der Waals surface area contributed by atoms with Crippen molar-refractivity contribution < 1.29 is 27.8 Å². The van der Waals surface area contributed by atoms with Crippen molar-refractivity contribution in [2.24, 2.45) is 11.8 Å². The number of aldehydes is 1. The summed E-state index contributed by atoms with van der Waals surface area (Å²) < 4.78 is 47.7. The molecule has 3 aromatic rings. The Morgan fingerprint density at radius 1 is 1.30 bits per heavy atom. The van der Waals surface area contributed by atoms with Gasteiger partial charge in [-0.15, -0.1) is 0 Å². The number of allylic oxidation sites excluding steroid dienone is 1. The summed E-state index contributed by atoms with van der Waals surface area (Å²) in [6.07, 6.45) is -1.06. The number of hydrogen-bond donors (Lipinski definition) is 2. The number of nitrogens with one attached hydrogen (secondary N) is 1. The summed E-state index contributed by atoms with van der Waals surface area (Å²) in [5, 5.41) is 20.8. The lowest BCUT2D eigenvalue weighted by Crippen LogP contribution is -2.39. The maximum absolute atomic E-state index is 13.7. The Morgan fingerprint density at radius 2 is 2.08 bits per heavy atom. The number of fused-ring (bicyclic) bond motifs is 3. The minimum atomic E-state index is -4.61. The smallest absolute Gasteiger partial charge is 0.418 e. The third kappa shape index (κ3) is 4.90. The summed E-state index contributed by atoms with van der Waals surface area (Å²) >= 11 is 7.59. The predicted molar refractivity (Wildman–Crippen MR) is 149 cm³/mol. The van der Waals surface area contributed by atoms with E-state index in [1.54, 1.807) is 6.07 Å². The molecular formula is C29H27ClF3N3O3S. The lowest BCUT2D eigenvalue weighted by atomic mass is 9.96. The van der Waals surface area contributed by atoms with E-state index in [9.17, 15) is 23.1 Å². The number of nitrogens with zero attached hydrogens (tertiary/aromatic N) is 2. The van der Waals surface area contributed by atoms with Gasteiger partial charge in [0.15, 0.2) is 5.13 Å². The van der Waals surface area contributed by atoms with Crippen LogP contribution in [0, 0.1) is 24.2 Å². The first-order valence-corrected chi connectivity index (χ1v) is 14.4. The third-order valence-corrected chi connectivity index (χ3v) is 9.51. The van der Waals surface area contributed by atoms with Crippen molar-refractivity contribution in [3.8, 4) is 0 Å². The number of rotatable bonds is 8. The second-order valence-electron chi connectivity index (χ2n) is 10.9. The number of anilines is 1. The van der Waals surface area contributed by atoms with Crippen LogP contribution in [0.2, 0.25) is 5.02 Å². The first-order valence-electron chi connectivity index (χ1n) is 13.2. The lowest BCUT2D eigenvalue weighted by molar-refractivity contribution is -0.136. The van der Waals surface area contributed by atoms with Gasteiger partial charge in [0.2, 0.25) is 0 Å². The fraction of sp³-hybridized carbons (Fsp3) is 0.414. The number of carbonyl (C=O) groups is 1. The van der Waals surface area contributed by atoms with Gasteiger partial charge in [-0.1, -0.05) is 35.1 Å². The standard InChI is InChI=1S/C29H27ClF3N3O3S/c1-14-3-2-4-21(30)24(14)25(34)19(27(38)16-5-6-16)13-39-22-10-18-9-17(22)11-36(18)28-35-26-20(29(31,32)33)7-15(12-37)8-23(26)40-28/h2-4,7-8,12,16-18,22,34,38H,5-6,9-11,13H2,1H3/b27-19-,34-25?/t17-,18+,22+/m0/s1. The summed E-state index contributed by atoms with van der Waals surface area (Å²) in [5.74, 6) is 0.376. The monoisotopic (exact) mass is 589 g/mol. The van der Waals surface area contributed by atoms with Gasteiger partial charge in [-0.2, -0.15) is 13.2 Å². The van der Waals surface area contributed by atoms with Crippen LogP contribution in [-0.4, -0.2) is 47.4 Å². The van der Waals surface area contributed by atoms with Gasteiger partial charge in [-0.05, 0) is 56.4 Å². The van der Waals surface area contributed by atoms with Crippen LogP contribution in [0.1, 0.15) is 52.7 Å². The molecule has 0 spiro atoms. The first kappa shape index (κ1) is 27.2. The number of alkyl halides is 3. The number of benzene rings is 2. The van der Waals surface area contributed by atoms with Gasteiger partial charge in [-0.3, -0.25) is 10.2 Å². The molecular weight excluding hydrogens is 563 g/mol. The molecule has 0 unspecified atom stereocenters. The van der Waals surface area contributed by atoms with Crippen LogP contribution < -0.4 is 4.90 Å². The fourth-order valence-corrected chi connectivity index (χ4v) is 7.40. The van der Waals surface area contributed by atoms with E-state index in [-0.39, 0.29) is 53.1 Å². The molecule has 2 N–H and O–H groups in total. The number of aryl methyl sites for hydroxylation is 1. The number of aliphatic hydroxyl groups is 1. The summed E-state index contributed by atoms with van der Waals surface area (Å²) in [6.45, 7) is 2.56. The van der Waals surface area contributed by atoms with E-state index in [1.807, 2.05) is 24.0 Å². The Labute approximate surface area is 237 Å². The van der Waals surface area contributed by atoms with Crippen molar-refractivity contribution in [1.29, 1.82) is 5.41 Å². The zero-order valence-electron chi connectivity index (χ0n) is 21.6. The molecule has 2 aromatic carbocycles. The van der Waals surface area contributed by atoms with Crippen molar-refractivity contribution in [2.45, 2.75) is 50.9 Å². The van der Waals surface area contributed by atoms with Crippen LogP contribution in [0.3, 0.4) is 0 Å². The largest absolute Gasteiger partial charge is 0.512 e. The normalized spacial score (nSPS) is 23.1. The van der Waals surface area contributed by atoms with Gasteiger partial charge in [0.1, 0.15) is 12.0 Å². The molecule has 2 bridgehead atoms. The van der Waals surface area contributed by atoms with Crippen LogP contribution in [0.4, 0.5) is 18.3 Å². The van der Waals surface area contributed by atoms with Crippen LogP contribution >= 0.6 is 22.9 Å². The molecule has 6 nitrogen and oxygen atoms in total. The number of piperidine rings is 1. The maximum atomic E-state index is 13.7. The highest BCUT2D eigenvalue weighted by molar-refractivity contribution is 7.22. The number of halogens is 4. The lowest BCUT2D eigenvalue weighted by Gasteiger charge is -2.31. The molecule has 3 atom stereocenters. The highest BCUT2D eigenvalue weighted by Gasteiger charge is 2.47. The van der Waals surface area contributed by atoms with Gasteiger partial charge in [0.25, 0.3) is 0 Å². The Balaban J connectivity index is 1.19. The molecule has 3 fully saturated rings. The first-order chi connectivity index (χ1) is 19.0. The number of aliphatic hydroxyl groups excluding tert-OH is 1. The van der Waals surface area contributed by atoms with Crippen LogP contribution in [-0.2, 0) is 10.9 Å². The molecule has 2 saturated carbocycles. The van der Waals surface area contributed by atoms with Crippen LogP contribution in [0.5, 0.6) is 0 Å². The summed E-state index contributed by atoms with van der Waals surface area (Å²) in [6, 6.07) is 7.80. The molecule has 1 saturated heterocycles. The van der Waals surface area contributed by atoms with Crippen molar-refractivity contribution in [3.63, 3.8) is 0 Å². The topological polar surface area (TPSA) is 86.5 Å². The van der Waals surface area contributed by atoms with E-state index < -0.39 is 11.7 Å². The highest BCUT2D eigenvalue weighted by Crippen LogP contribution is 2.46. The van der Waals surface area contributed by atoms with Crippen molar-refractivity contribution >= 4 is 50.3 Å². The Hall–Kier alpha value is -2.95. The molecule has 1 aliphatic heterocycles. The minimum Gasteiger partial charge on any atom is -0.512 e. The third-order valence-electron chi connectivity index (χ3n) is 8.16. The van der Waals surface area contributed by atoms with E-state index in [0.717, 1.165) is 30.9 Å². The molecule has 210 valence electrons. The van der Waals surface area contributed by atoms with Crippen molar-refractivity contribution in [2.75, 3.05) is 18.1 Å². The molecule has 11 heteroatoms. The number of hydrogen-bond acceptors (Lipinski definition) is 7. The van der Waals surface area contributed by atoms with Gasteiger partial charge in [-0.25, -0.2) is 4.98 Å². The average molecular weight is 590 g/mol. The van der Waals surface area contributed by atoms with E-state index in [4.69, 9.17) is 21.7 Å². The Morgan fingerprint density at radius 3 is 2.70 bits per heavy atom. The summed E-state index contributed by atoms with van der Waals surface area (Å²) in [4.78, 5) is 17.6. The van der Waals surface area contributed by atoms with Gasteiger partial charge in [0, 0.05) is 41.1 Å². The molecule has 40 heavy (non-hydrogen) atoms. The van der Waals surface area contributed by atoms with Crippen LogP contribution in [0.25, 0.3) is 10.2 Å². The molecule has 2 heterocycles. The van der Waals surface area contributed by atoms with Crippen molar-refractivity contribution in [3.05, 3.63) is 68.9 Å². The molecule has 0 radical (unpaired) electrons. The average Bonchev–Trinajstić information content (AvgIpc) is 3.36. The quantitative estimate of drug-likeness (QED) is 0.163. The second kappa shape index (κ2) is 10.2. The molecule has 3 aliphatic rings. The zero-order valence-corrected chi connectivity index (χ0v) is 23.2. The van der Waals surface area contributed by atoms with E-state index in [2.05, 4.69) is 4.98 Å². The number of carbonyl (C=O) groups excluding carboxylic acids is 1. The molecule has 0 amide bonds. The molecule has 6 rings (SSSR count). The van der Waals surface area contributed by atoms with Gasteiger partial charge < -0.3 is 14.7 Å². The summed E-state index contributed by atoms with van der Waals surface area (Å²) in [5.41, 5.74) is 0.998. The zero-order chi connectivity index (χ0) is 28.3. The van der Waals surface area contributed by atoms with E-state index in [1.165, 1.54) is 17.4 Å². The SMILES string of the molecule is Cc1cccc(Cl)c1C(=N)/C(CO[C@@H]1C[C@H]2C[C@H]1CN2c1nc2c(C(F)(F)F)cc(C=O)cc2s1)=C(\O)C1CC1. The van der Waals surface area contributed by atoms with Crippen LogP contribution in [0.15, 0.2) is 41.7 Å². The van der Waals surface area contributed by atoms with E-state index >= 15 is 0 Å². The predicted octanol–water partition coefficient (Wildman–Crippen LogP) is 7.36. The van der Waals surface area contributed by atoms with Gasteiger partial charge in [0.05, 0.1) is 39.2 Å². The van der Waals surface area contributed by atoms with Gasteiger partial charge >= 0.3 is 6.18 Å². The number of ether oxygens (including phenoxy) is 1. The minimum absolute atomic E-state index is 0.0257. The molecule has 1 aromatic heterocycles. The summed E-state index contributed by atoms with van der Waals surface area (Å²) in [7, 11) is 0. The second-order valence-corrected chi connectivity index (χ2v) is 12.3. The Bertz CT molecular complexity index is 1530. The molecule has 2 aliphatic carbocycles. The maximum Gasteiger partial charge on any atom is 0.418 e. The number of aromatic nitrogens is 1. The van der Waals surface area contributed by atoms with E-state index in [0.29, 0.717) is 45.2 Å².